The zero-order valence-corrected chi connectivity index (χ0v) is 14.1. The number of nitrogens with one attached hydrogen (secondary N) is 1. The molecule has 2 aromatic carbocycles. The van der Waals surface area contributed by atoms with E-state index in [1.54, 1.807) is 6.07 Å². The number of halogens is 3. The Balaban J connectivity index is 1.66. The van der Waals surface area contributed by atoms with E-state index in [2.05, 4.69) is 20.0 Å². The van der Waals surface area contributed by atoms with E-state index < -0.39 is 6.36 Å². The highest BCUT2D eigenvalue weighted by atomic mass is 19.4. The van der Waals surface area contributed by atoms with Crippen molar-refractivity contribution in [3.8, 4) is 17.0 Å². The average molecular weight is 374 g/mol. The summed E-state index contributed by atoms with van der Waals surface area (Å²) >= 11 is 0. The van der Waals surface area contributed by atoms with Crippen LogP contribution in [0.15, 0.2) is 67.0 Å². The molecule has 1 aromatic heterocycles. The fourth-order valence-corrected chi connectivity index (χ4v) is 2.47. The Bertz CT molecular complexity index is 870. The third-order valence-corrected chi connectivity index (χ3v) is 3.78. The van der Waals surface area contributed by atoms with Gasteiger partial charge in [-0.05, 0) is 29.8 Å². The topological polar surface area (TPSA) is 73.1 Å². The minimum absolute atomic E-state index is 0.205. The van der Waals surface area contributed by atoms with Crippen LogP contribution in [0.4, 0.5) is 19.0 Å². The molecule has 1 atom stereocenters. The average Bonchev–Trinajstić information content (AvgIpc) is 2.66. The molecule has 0 aliphatic carbocycles. The standard InChI is InChI=1S/C19H17F3N4O/c20-19(21,22)27-15-8-6-14(7-9-15)17-10-18(26-12-25-17)24-11-16(23)13-4-2-1-3-5-13/h1-10,12,16H,11,23H2,(H,24,25,26)/t16-/m0/s1. The summed E-state index contributed by atoms with van der Waals surface area (Å²) in [6.45, 7) is 0.471. The van der Waals surface area contributed by atoms with Crippen LogP contribution in [-0.2, 0) is 0 Å². The van der Waals surface area contributed by atoms with Gasteiger partial charge in [-0.2, -0.15) is 0 Å². The van der Waals surface area contributed by atoms with Gasteiger partial charge in [-0.25, -0.2) is 9.97 Å². The van der Waals surface area contributed by atoms with E-state index in [4.69, 9.17) is 5.73 Å². The van der Waals surface area contributed by atoms with Crippen LogP contribution in [0.2, 0.25) is 0 Å². The molecule has 0 radical (unpaired) electrons. The number of benzene rings is 2. The van der Waals surface area contributed by atoms with Crippen LogP contribution in [-0.4, -0.2) is 22.9 Å². The summed E-state index contributed by atoms with van der Waals surface area (Å²) < 4.78 is 40.6. The maximum atomic E-state index is 12.2. The van der Waals surface area contributed by atoms with Crippen molar-refractivity contribution in [2.45, 2.75) is 12.4 Å². The molecular formula is C19H17F3N4O. The fourth-order valence-electron chi connectivity index (χ4n) is 2.47. The molecule has 3 aromatic rings. The van der Waals surface area contributed by atoms with Gasteiger partial charge in [-0.15, -0.1) is 13.2 Å². The van der Waals surface area contributed by atoms with E-state index in [1.807, 2.05) is 30.3 Å². The summed E-state index contributed by atoms with van der Waals surface area (Å²) in [5.41, 5.74) is 8.36. The maximum Gasteiger partial charge on any atom is 0.573 e. The van der Waals surface area contributed by atoms with Crippen LogP contribution in [0.3, 0.4) is 0 Å². The molecule has 0 fully saturated rings. The number of anilines is 1. The second-order valence-corrected chi connectivity index (χ2v) is 5.76. The highest BCUT2D eigenvalue weighted by molar-refractivity contribution is 5.62. The largest absolute Gasteiger partial charge is 0.573 e. The summed E-state index contributed by atoms with van der Waals surface area (Å²) in [5.74, 6) is 0.287. The molecule has 5 nitrogen and oxygen atoms in total. The molecule has 27 heavy (non-hydrogen) atoms. The lowest BCUT2D eigenvalue weighted by molar-refractivity contribution is -0.274. The number of alkyl halides is 3. The molecule has 3 rings (SSSR count). The first-order chi connectivity index (χ1) is 12.9. The minimum atomic E-state index is -4.72. The molecule has 0 unspecified atom stereocenters. The predicted octanol–water partition coefficient (Wildman–Crippen LogP) is 4.15. The van der Waals surface area contributed by atoms with E-state index >= 15 is 0 Å². The molecule has 140 valence electrons. The van der Waals surface area contributed by atoms with Gasteiger partial charge in [0.25, 0.3) is 0 Å². The summed E-state index contributed by atoms with van der Waals surface area (Å²) in [6.07, 6.45) is -3.34. The van der Waals surface area contributed by atoms with E-state index in [0.29, 0.717) is 23.6 Å². The Kier molecular flexibility index (Phi) is 5.56. The van der Waals surface area contributed by atoms with Crippen LogP contribution < -0.4 is 15.8 Å². The maximum absolute atomic E-state index is 12.2. The van der Waals surface area contributed by atoms with Crippen LogP contribution in [0.5, 0.6) is 5.75 Å². The number of nitrogens with two attached hydrogens (primary N) is 1. The summed E-state index contributed by atoms with van der Waals surface area (Å²) in [7, 11) is 0. The van der Waals surface area contributed by atoms with Crippen LogP contribution in [0, 0.1) is 0 Å². The van der Waals surface area contributed by atoms with E-state index in [0.717, 1.165) is 5.56 Å². The number of ether oxygens (including phenoxy) is 1. The number of nitrogens with zero attached hydrogens (tertiary/aromatic N) is 2. The van der Waals surface area contributed by atoms with Crippen LogP contribution >= 0.6 is 0 Å². The predicted molar refractivity (Wildman–Crippen MR) is 96.0 cm³/mol. The first kappa shape index (κ1) is 18.7. The van der Waals surface area contributed by atoms with Crippen molar-refractivity contribution in [2.24, 2.45) is 5.73 Å². The number of rotatable bonds is 6. The molecule has 0 aliphatic heterocycles. The third kappa shape index (κ3) is 5.42. The minimum Gasteiger partial charge on any atom is -0.406 e. The molecule has 0 bridgehead atoms. The first-order valence-corrected chi connectivity index (χ1v) is 8.13. The van der Waals surface area contributed by atoms with Gasteiger partial charge >= 0.3 is 6.36 Å². The zero-order chi connectivity index (χ0) is 19.3. The van der Waals surface area contributed by atoms with E-state index in [9.17, 15) is 13.2 Å². The molecular weight excluding hydrogens is 357 g/mol. The Labute approximate surface area is 154 Å². The molecule has 0 amide bonds. The van der Waals surface area contributed by atoms with Gasteiger partial charge in [-0.1, -0.05) is 30.3 Å². The van der Waals surface area contributed by atoms with Crippen LogP contribution in [0.1, 0.15) is 11.6 Å². The number of aromatic nitrogens is 2. The summed E-state index contributed by atoms with van der Waals surface area (Å²) in [6, 6.07) is 16.6. The van der Waals surface area contributed by atoms with Gasteiger partial charge in [-0.3, -0.25) is 0 Å². The monoisotopic (exact) mass is 374 g/mol. The SMILES string of the molecule is N[C@@H](CNc1cc(-c2ccc(OC(F)(F)F)cc2)ncn1)c1ccccc1. The van der Waals surface area contributed by atoms with Gasteiger partial charge in [0, 0.05) is 24.2 Å². The van der Waals surface area contributed by atoms with Crippen molar-refractivity contribution >= 4 is 5.82 Å². The second kappa shape index (κ2) is 8.05. The summed E-state index contributed by atoms with van der Waals surface area (Å²) in [4.78, 5) is 8.30. The Morgan fingerprint density at radius 2 is 1.70 bits per heavy atom. The van der Waals surface area contributed by atoms with E-state index in [1.165, 1.54) is 30.6 Å². The lowest BCUT2D eigenvalue weighted by Crippen LogP contribution is -2.20. The molecule has 1 heterocycles. The molecule has 0 saturated carbocycles. The number of hydrogen-bond donors (Lipinski definition) is 2. The van der Waals surface area contributed by atoms with Gasteiger partial charge < -0.3 is 15.8 Å². The lowest BCUT2D eigenvalue weighted by Gasteiger charge is -2.14. The quantitative estimate of drug-likeness (QED) is 0.678. The van der Waals surface area contributed by atoms with Gasteiger partial charge in [0.05, 0.1) is 5.69 Å². The van der Waals surface area contributed by atoms with Gasteiger partial charge in [0.1, 0.15) is 17.9 Å². The van der Waals surface area contributed by atoms with Crippen molar-refractivity contribution in [1.29, 1.82) is 0 Å². The highest BCUT2D eigenvalue weighted by Crippen LogP contribution is 2.26. The second-order valence-electron chi connectivity index (χ2n) is 5.76. The molecule has 0 saturated heterocycles. The van der Waals surface area contributed by atoms with Crippen molar-refractivity contribution < 1.29 is 17.9 Å². The van der Waals surface area contributed by atoms with Gasteiger partial charge in [0.15, 0.2) is 0 Å². The molecule has 8 heteroatoms. The van der Waals surface area contributed by atoms with Crippen LogP contribution in [0.25, 0.3) is 11.3 Å². The van der Waals surface area contributed by atoms with Crippen molar-refractivity contribution in [1.82, 2.24) is 9.97 Å². The Hall–Kier alpha value is -3.13. The first-order valence-electron chi connectivity index (χ1n) is 8.13. The zero-order valence-electron chi connectivity index (χ0n) is 14.1. The van der Waals surface area contributed by atoms with Gasteiger partial charge in [0.2, 0.25) is 0 Å². The Morgan fingerprint density at radius 1 is 1.00 bits per heavy atom. The summed E-state index contributed by atoms with van der Waals surface area (Å²) in [5, 5.41) is 3.15. The Morgan fingerprint density at radius 3 is 2.37 bits per heavy atom. The molecule has 0 aliphatic rings. The highest BCUT2D eigenvalue weighted by Gasteiger charge is 2.30. The third-order valence-electron chi connectivity index (χ3n) is 3.78. The normalized spacial score (nSPS) is 12.4. The lowest BCUT2D eigenvalue weighted by atomic mass is 10.1. The molecule has 0 spiro atoms. The van der Waals surface area contributed by atoms with Crippen molar-refractivity contribution in [3.63, 3.8) is 0 Å². The fraction of sp³-hybridized carbons (Fsp3) is 0.158. The number of hydrogen-bond acceptors (Lipinski definition) is 5. The molecule has 3 N–H and O–H groups in total. The van der Waals surface area contributed by atoms with E-state index in [-0.39, 0.29) is 11.8 Å². The van der Waals surface area contributed by atoms with Crippen molar-refractivity contribution in [2.75, 3.05) is 11.9 Å². The smallest absolute Gasteiger partial charge is 0.406 e. The van der Waals surface area contributed by atoms with Crippen molar-refractivity contribution in [3.05, 3.63) is 72.6 Å².